The van der Waals surface area contributed by atoms with Crippen LogP contribution in [0.4, 0.5) is 10.3 Å². The van der Waals surface area contributed by atoms with Crippen LogP contribution in [0.3, 0.4) is 0 Å². The van der Waals surface area contributed by atoms with Crippen molar-refractivity contribution in [1.29, 1.82) is 0 Å². The van der Waals surface area contributed by atoms with Crippen LogP contribution in [0.15, 0.2) is 47.0 Å². The van der Waals surface area contributed by atoms with E-state index in [1.807, 2.05) is 0 Å². The van der Waals surface area contributed by atoms with E-state index in [-0.39, 0.29) is 5.82 Å². The Bertz CT molecular complexity index is 730. The highest BCUT2D eigenvalue weighted by molar-refractivity contribution is 7.99. The van der Waals surface area contributed by atoms with Gasteiger partial charge in [0.1, 0.15) is 18.5 Å². The van der Waals surface area contributed by atoms with Gasteiger partial charge in [0.05, 0.1) is 0 Å². The molecule has 0 aliphatic heterocycles. The first-order valence-corrected chi connectivity index (χ1v) is 6.78. The average molecular weight is 303 g/mol. The fourth-order valence-electron chi connectivity index (χ4n) is 1.53. The van der Waals surface area contributed by atoms with Crippen molar-refractivity contribution >= 4 is 17.7 Å². The Kier molecular flexibility index (Phi) is 3.73. The van der Waals surface area contributed by atoms with E-state index in [1.165, 1.54) is 41.2 Å². The maximum Gasteiger partial charge on any atom is 0.257 e. The van der Waals surface area contributed by atoms with Gasteiger partial charge in [-0.3, -0.25) is 0 Å². The number of nitrogens with zero attached hydrogens (tertiary/aromatic N) is 6. The van der Waals surface area contributed by atoms with Crippen molar-refractivity contribution in [1.82, 2.24) is 29.7 Å². The third kappa shape index (κ3) is 3.14. The summed E-state index contributed by atoms with van der Waals surface area (Å²) in [5.41, 5.74) is 0. The summed E-state index contributed by atoms with van der Waals surface area (Å²) in [6, 6.07) is 6.11. The summed E-state index contributed by atoms with van der Waals surface area (Å²) in [6.07, 6.45) is 2.90. The molecule has 0 bridgehead atoms. The number of nitrogens with one attached hydrogen (secondary N) is 1. The van der Waals surface area contributed by atoms with Gasteiger partial charge in [-0.15, -0.1) is 0 Å². The Morgan fingerprint density at radius 1 is 1.14 bits per heavy atom. The van der Waals surface area contributed by atoms with Gasteiger partial charge in [-0.25, -0.2) is 9.37 Å². The van der Waals surface area contributed by atoms with Gasteiger partial charge in [0, 0.05) is 11.9 Å². The standard InChI is InChI=1S/C12H10FN7S/c1-14-10-17-11(20-7-15-6-16-20)19-12(18-10)21-9-4-2-8(13)3-5-9/h2-7H,1H3,(H,14,17,18,19). The number of aromatic nitrogens is 6. The lowest BCUT2D eigenvalue weighted by Crippen LogP contribution is -2.07. The van der Waals surface area contributed by atoms with Gasteiger partial charge < -0.3 is 5.32 Å². The Balaban J connectivity index is 1.94. The first-order valence-electron chi connectivity index (χ1n) is 5.97. The Hall–Kier alpha value is -2.55. The van der Waals surface area contributed by atoms with Gasteiger partial charge in [0.2, 0.25) is 5.95 Å². The van der Waals surface area contributed by atoms with Gasteiger partial charge in [0.25, 0.3) is 5.95 Å². The molecule has 21 heavy (non-hydrogen) atoms. The summed E-state index contributed by atoms with van der Waals surface area (Å²) >= 11 is 1.31. The van der Waals surface area contributed by atoms with E-state index in [4.69, 9.17) is 0 Å². The van der Waals surface area contributed by atoms with Gasteiger partial charge in [-0.05, 0) is 36.0 Å². The van der Waals surface area contributed by atoms with Crippen LogP contribution in [0.5, 0.6) is 0 Å². The molecule has 3 aromatic rings. The van der Waals surface area contributed by atoms with E-state index in [2.05, 4.69) is 30.4 Å². The molecule has 0 spiro atoms. The SMILES string of the molecule is CNc1nc(Sc2ccc(F)cc2)nc(-n2cncn2)n1. The summed E-state index contributed by atoms with van der Waals surface area (Å²) in [5.74, 6) is 0.491. The molecule has 106 valence electrons. The molecule has 0 saturated carbocycles. The van der Waals surface area contributed by atoms with Crippen LogP contribution in [0.2, 0.25) is 0 Å². The van der Waals surface area contributed by atoms with Gasteiger partial charge >= 0.3 is 0 Å². The molecule has 0 aliphatic carbocycles. The third-order valence-corrected chi connectivity index (χ3v) is 3.35. The molecule has 2 aromatic heterocycles. The predicted octanol–water partition coefficient (Wildman–Crippen LogP) is 1.78. The molecule has 0 amide bonds. The maximum absolute atomic E-state index is 12.9. The lowest BCUT2D eigenvalue weighted by Gasteiger charge is -2.06. The Labute approximate surface area is 123 Å². The van der Waals surface area contributed by atoms with Crippen LogP contribution < -0.4 is 5.32 Å². The van der Waals surface area contributed by atoms with Crippen LogP contribution in [-0.2, 0) is 0 Å². The fraction of sp³-hybridized carbons (Fsp3) is 0.0833. The minimum atomic E-state index is -0.283. The molecule has 0 atom stereocenters. The first-order chi connectivity index (χ1) is 10.2. The summed E-state index contributed by atoms with van der Waals surface area (Å²) in [6.45, 7) is 0. The van der Waals surface area contributed by atoms with Gasteiger partial charge in [-0.2, -0.15) is 24.7 Å². The lowest BCUT2D eigenvalue weighted by molar-refractivity contribution is 0.626. The normalized spacial score (nSPS) is 10.6. The molecule has 0 unspecified atom stereocenters. The van der Waals surface area contributed by atoms with Crippen LogP contribution in [0.25, 0.3) is 5.95 Å². The summed E-state index contributed by atoms with van der Waals surface area (Å²) in [5, 5.41) is 7.33. The minimum Gasteiger partial charge on any atom is -0.357 e. The molecule has 2 heterocycles. The van der Waals surface area contributed by atoms with Crippen molar-refractivity contribution in [2.45, 2.75) is 10.1 Å². The zero-order chi connectivity index (χ0) is 14.7. The highest BCUT2D eigenvalue weighted by Gasteiger charge is 2.09. The number of rotatable bonds is 4. The predicted molar refractivity (Wildman–Crippen MR) is 74.8 cm³/mol. The third-order valence-electron chi connectivity index (χ3n) is 2.47. The largest absolute Gasteiger partial charge is 0.357 e. The topological polar surface area (TPSA) is 81.4 Å². The number of hydrogen-bond donors (Lipinski definition) is 1. The van der Waals surface area contributed by atoms with Crippen LogP contribution >= 0.6 is 11.8 Å². The number of anilines is 1. The number of halogens is 1. The monoisotopic (exact) mass is 303 g/mol. The highest BCUT2D eigenvalue weighted by atomic mass is 32.2. The first kappa shape index (κ1) is 13.4. The molecule has 0 aliphatic rings. The van der Waals surface area contributed by atoms with Crippen molar-refractivity contribution in [3.8, 4) is 5.95 Å². The van der Waals surface area contributed by atoms with Crippen molar-refractivity contribution in [2.75, 3.05) is 12.4 Å². The smallest absolute Gasteiger partial charge is 0.257 e. The molecule has 1 aromatic carbocycles. The van der Waals surface area contributed by atoms with E-state index in [9.17, 15) is 4.39 Å². The molecular formula is C12H10FN7S. The van der Waals surface area contributed by atoms with Crippen LogP contribution in [0, 0.1) is 5.82 Å². The number of benzene rings is 1. The van der Waals surface area contributed by atoms with Crippen molar-refractivity contribution < 1.29 is 4.39 Å². The molecule has 0 radical (unpaired) electrons. The van der Waals surface area contributed by atoms with E-state index in [0.717, 1.165) is 4.90 Å². The van der Waals surface area contributed by atoms with E-state index in [1.54, 1.807) is 19.2 Å². The molecule has 0 saturated heterocycles. The lowest BCUT2D eigenvalue weighted by atomic mass is 10.4. The Morgan fingerprint density at radius 2 is 1.95 bits per heavy atom. The van der Waals surface area contributed by atoms with E-state index >= 15 is 0 Å². The van der Waals surface area contributed by atoms with Gasteiger partial charge in [-0.1, -0.05) is 0 Å². The molecule has 1 N–H and O–H groups in total. The zero-order valence-electron chi connectivity index (χ0n) is 10.9. The fourth-order valence-corrected chi connectivity index (χ4v) is 2.27. The number of hydrogen-bond acceptors (Lipinski definition) is 7. The van der Waals surface area contributed by atoms with E-state index < -0.39 is 0 Å². The van der Waals surface area contributed by atoms with Crippen LogP contribution in [0.1, 0.15) is 0 Å². The zero-order valence-corrected chi connectivity index (χ0v) is 11.8. The van der Waals surface area contributed by atoms with E-state index in [0.29, 0.717) is 17.1 Å². The molecule has 9 heteroatoms. The molecular weight excluding hydrogens is 293 g/mol. The quantitative estimate of drug-likeness (QED) is 0.786. The van der Waals surface area contributed by atoms with Crippen molar-refractivity contribution in [2.24, 2.45) is 0 Å². The summed E-state index contributed by atoms with van der Waals surface area (Å²) in [4.78, 5) is 17.5. The average Bonchev–Trinajstić information content (AvgIpc) is 3.04. The molecule has 0 fully saturated rings. The summed E-state index contributed by atoms with van der Waals surface area (Å²) < 4.78 is 14.4. The minimum absolute atomic E-state index is 0.283. The second-order valence-electron chi connectivity index (χ2n) is 3.89. The maximum atomic E-state index is 12.9. The van der Waals surface area contributed by atoms with Crippen molar-refractivity contribution in [3.63, 3.8) is 0 Å². The highest BCUT2D eigenvalue weighted by Crippen LogP contribution is 2.25. The Morgan fingerprint density at radius 3 is 2.62 bits per heavy atom. The summed E-state index contributed by atoms with van der Waals surface area (Å²) in [7, 11) is 1.72. The second kappa shape index (κ2) is 5.83. The second-order valence-corrected chi connectivity index (χ2v) is 4.93. The molecule has 3 rings (SSSR count). The van der Waals surface area contributed by atoms with Gasteiger partial charge in [0.15, 0.2) is 5.16 Å². The van der Waals surface area contributed by atoms with Crippen molar-refractivity contribution in [3.05, 3.63) is 42.7 Å². The molecule has 7 nitrogen and oxygen atoms in total. The van der Waals surface area contributed by atoms with Crippen LogP contribution in [-0.4, -0.2) is 36.8 Å².